The fourth-order valence-electron chi connectivity index (χ4n) is 2.30. The molecule has 3 nitrogen and oxygen atoms in total. The predicted octanol–water partition coefficient (Wildman–Crippen LogP) is 5.12. The van der Waals surface area contributed by atoms with Crippen molar-refractivity contribution in [2.45, 2.75) is 13.5 Å². The zero-order valence-electron chi connectivity index (χ0n) is 11.9. The van der Waals surface area contributed by atoms with Crippen molar-refractivity contribution in [1.82, 2.24) is 0 Å². The van der Waals surface area contributed by atoms with Crippen LogP contribution in [0.3, 0.4) is 0 Å². The van der Waals surface area contributed by atoms with Crippen molar-refractivity contribution in [2.24, 2.45) is 0 Å². The summed E-state index contributed by atoms with van der Waals surface area (Å²) in [7, 11) is 1.65. The van der Waals surface area contributed by atoms with E-state index in [0.29, 0.717) is 6.54 Å². The van der Waals surface area contributed by atoms with Crippen molar-refractivity contribution in [1.29, 1.82) is 0 Å². The summed E-state index contributed by atoms with van der Waals surface area (Å²) in [6, 6.07) is 14.1. The predicted molar refractivity (Wildman–Crippen MR) is 89.0 cm³/mol. The number of aryl methyl sites for hydroxylation is 1. The number of methoxy groups -OCH3 is 1. The molecular weight excluding hydrogens is 330 g/mol. The quantitative estimate of drug-likeness (QED) is 0.712. The van der Waals surface area contributed by atoms with Gasteiger partial charge in [-0.05, 0) is 36.8 Å². The molecule has 108 valence electrons. The SMILES string of the molecule is COc1cccc2cc(CNc3cc(Br)ccc3C)oc12. The lowest BCUT2D eigenvalue weighted by atomic mass is 10.2. The third-order valence-electron chi connectivity index (χ3n) is 3.43. The van der Waals surface area contributed by atoms with Crippen molar-refractivity contribution >= 4 is 32.6 Å². The van der Waals surface area contributed by atoms with Gasteiger partial charge < -0.3 is 14.5 Å². The van der Waals surface area contributed by atoms with Gasteiger partial charge in [0.05, 0.1) is 13.7 Å². The Hall–Kier alpha value is -1.94. The number of anilines is 1. The minimum atomic E-state index is 0.634. The number of furan rings is 1. The summed E-state index contributed by atoms with van der Waals surface area (Å²) in [6.45, 7) is 2.71. The highest BCUT2D eigenvalue weighted by Gasteiger charge is 2.08. The van der Waals surface area contributed by atoms with Gasteiger partial charge in [-0.1, -0.05) is 34.1 Å². The molecule has 0 radical (unpaired) electrons. The monoisotopic (exact) mass is 345 g/mol. The summed E-state index contributed by atoms with van der Waals surface area (Å²) in [5.41, 5.74) is 3.09. The van der Waals surface area contributed by atoms with E-state index in [0.717, 1.165) is 32.6 Å². The second-order valence-corrected chi connectivity index (χ2v) is 5.82. The number of nitrogens with one attached hydrogen (secondary N) is 1. The largest absolute Gasteiger partial charge is 0.493 e. The maximum atomic E-state index is 5.88. The molecule has 0 aliphatic rings. The second-order valence-electron chi connectivity index (χ2n) is 4.90. The second kappa shape index (κ2) is 5.82. The van der Waals surface area contributed by atoms with Crippen LogP contribution in [0.25, 0.3) is 11.0 Å². The van der Waals surface area contributed by atoms with Crippen molar-refractivity contribution in [2.75, 3.05) is 12.4 Å². The number of fused-ring (bicyclic) bond motifs is 1. The first kappa shape index (κ1) is 14.0. The molecule has 2 aromatic carbocycles. The lowest BCUT2D eigenvalue weighted by molar-refractivity contribution is 0.408. The zero-order valence-corrected chi connectivity index (χ0v) is 13.5. The van der Waals surface area contributed by atoms with Crippen LogP contribution in [0.5, 0.6) is 5.75 Å². The molecule has 0 fully saturated rings. The highest BCUT2D eigenvalue weighted by Crippen LogP contribution is 2.29. The topological polar surface area (TPSA) is 34.4 Å². The molecule has 0 spiro atoms. The van der Waals surface area contributed by atoms with Crippen molar-refractivity contribution < 1.29 is 9.15 Å². The third kappa shape index (κ3) is 2.90. The normalized spacial score (nSPS) is 10.8. The average molecular weight is 346 g/mol. The lowest BCUT2D eigenvalue weighted by Crippen LogP contribution is -1.99. The molecule has 0 bridgehead atoms. The maximum absolute atomic E-state index is 5.88. The van der Waals surface area contributed by atoms with Crippen LogP contribution < -0.4 is 10.1 Å². The minimum absolute atomic E-state index is 0.634. The van der Waals surface area contributed by atoms with E-state index in [2.05, 4.69) is 40.3 Å². The van der Waals surface area contributed by atoms with Gasteiger partial charge in [-0.15, -0.1) is 0 Å². The van der Waals surface area contributed by atoms with Crippen LogP contribution in [-0.2, 0) is 6.54 Å². The number of para-hydroxylation sites is 1. The van der Waals surface area contributed by atoms with Gasteiger partial charge in [-0.3, -0.25) is 0 Å². The molecule has 4 heteroatoms. The molecule has 0 saturated carbocycles. The minimum Gasteiger partial charge on any atom is -0.493 e. The molecule has 3 rings (SSSR count). The molecule has 0 aliphatic carbocycles. The number of ether oxygens (including phenoxy) is 1. The van der Waals surface area contributed by atoms with E-state index in [4.69, 9.17) is 9.15 Å². The van der Waals surface area contributed by atoms with Crippen molar-refractivity contribution in [3.63, 3.8) is 0 Å². The van der Waals surface area contributed by atoms with Crippen LogP contribution in [0.15, 0.2) is 51.4 Å². The van der Waals surface area contributed by atoms with Crippen LogP contribution >= 0.6 is 15.9 Å². The van der Waals surface area contributed by atoms with E-state index < -0.39 is 0 Å². The van der Waals surface area contributed by atoms with Gasteiger partial charge in [0.25, 0.3) is 0 Å². The van der Waals surface area contributed by atoms with E-state index in [9.17, 15) is 0 Å². The Balaban J connectivity index is 1.84. The van der Waals surface area contributed by atoms with Gasteiger partial charge >= 0.3 is 0 Å². The standard InChI is InChI=1S/C17H16BrNO2/c1-11-6-7-13(18)9-15(11)19-10-14-8-12-4-3-5-16(20-2)17(12)21-14/h3-9,19H,10H2,1-2H3. The average Bonchev–Trinajstić information content (AvgIpc) is 2.91. The van der Waals surface area contributed by atoms with Gasteiger partial charge in [-0.2, -0.15) is 0 Å². The van der Waals surface area contributed by atoms with E-state index in [1.807, 2.05) is 30.3 Å². The fraction of sp³-hybridized carbons (Fsp3) is 0.176. The first-order valence-electron chi connectivity index (χ1n) is 6.73. The fourth-order valence-corrected chi connectivity index (χ4v) is 2.67. The maximum Gasteiger partial charge on any atom is 0.176 e. The summed E-state index contributed by atoms with van der Waals surface area (Å²) in [5, 5.41) is 4.46. The molecule has 0 atom stereocenters. The number of benzene rings is 2. The van der Waals surface area contributed by atoms with Crippen LogP contribution in [0.4, 0.5) is 5.69 Å². The lowest BCUT2D eigenvalue weighted by Gasteiger charge is -2.08. The smallest absolute Gasteiger partial charge is 0.176 e. The highest BCUT2D eigenvalue weighted by atomic mass is 79.9. The van der Waals surface area contributed by atoms with Gasteiger partial charge in [-0.25, -0.2) is 0 Å². The number of hydrogen-bond acceptors (Lipinski definition) is 3. The third-order valence-corrected chi connectivity index (χ3v) is 3.92. The molecular formula is C17H16BrNO2. The molecule has 1 aromatic heterocycles. The van der Waals surface area contributed by atoms with E-state index >= 15 is 0 Å². The molecule has 21 heavy (non-hydrogen) atoms. The summed E-state index contributed by atoms with van der Waals surface area (Å²) in [4.78, 5) is 0. The van der Waals surface area contributed by atoms with Crippen molar-refractivity contribution in [3.05, 3.63) is 58.3 Å². The Labute approximate surface area is 132 Å². The van der Waals surface area contributed by atoms with Crippen LogP contribution in [0.2, 0.25) is 0 Å². The highest BCUT2D eigenvalue weighted by molar-refractivity contribution is 9.10. The van der Waals surface area contributed by atoms with E-state index in [1.54, 1.807) is 7.11 Å². The Morgan fingerprint density at radius 3 is 2.86 bits per heavy atom. The zero-order chi connectivity index (χ0) is 14.8. The van der Waals surface area contributed by atoms with Crippen LogP contribution in [0, 0.1) is 6.92 Å². The Kier molecular flexibility index (Phi) is 3.88. The number of hydrogen-bond donors (Lipinski definition) is 1. The van der Waals surface area contributed by atoms with Crippen LogP contribution in [-0.4, -0.2) is 7.11 Å². The van der Waals surface area contributed by atoms with Gasteiger partial charge in [0.15, 0.2) is 11.3 Å². The summed E-state index contributed by atoms with van der Waals surface area (Å²) < 4.78 is 12.3. The molecule has 0 amide bonds. The van der Waals surface area contributed by atoms with E-state index in [-0.39, 0.29) is 0 Å². The summed E-state index contributed by atoms with van der Waals surface area (Å²) in [6.07, 6.45) is 0. The Bertz CT molecular complexity index is 780. The molecule has 0 saturated heterocycles. The number of rotatable bonds is 4. The Morgan fingerprint density at radius 2 is 2.05 bits per heavy atom. The molecule has 1 N–H and O–H groups in total. The van der Waals surface area contributed by atoms with Crippen LogP contribution in [0.1, 0.15) is 11.3 Å². The Morgan fingerprint density at radius 1 is 1.19 bits per heavy atom. The van der Waals surface area contributed by atoms with E-state index in [1.165, 1.54) is 5.56 Å². The van der Waals surface area contributed by atoms with Gasteiger partial charge in [0.2, 0.25) is 0 Å². The van der Waals surface area contributed by atoms with Gasteiger partial charge in [0, 0.05) is 15.5 Å². The van der Waals surface area contributed by atoms with Gasteiger partial charge in [0.1, 0.15) is 5.76 Å². The number of halogens is 1. The molecule has 3 aromatic rings. The molecule has 0 unspecified atom stereocenters. The first-order valence-corrected chi connectivity index (χ1v) is 7.52. The molecule has 1 heterocycles. The first-order chi connectivity index (χ1) is 10.2. The summed E-state index contributed by atoms with van der Waals surface area (Å²) >= 11 is 3.49. The van der Waals surface area contributed by atoms with Crippen molar-refractivity contribution in [3.8, 4) is 5.75 Å². The molecule has 0 aliphatic heterocycles. The summed E-state index contributed by atoms with van der Waals surface area (Å²) in [5.74, 6) is 1.64.